The molecule has 0 aliphatic heterocycles. The van der Waals surface area contributed by atoms with Gasteiger partial charge in [-0.15, -0.1) is 0 Å². The maximum atomic E-state index is 13.1. The SMILES string of the molecule is CC(=O)Nc1cc2cc(NC(=O)c3ccccc3C(F)(F)F)ccc2oc1=O. The van der Waals surface area contributed by atoms with Crippen molar-refractivity contribution < 1.29 is 27.2 Å². The molecule has 0 bridgehead atoms. The van der Waals surface area contributed by atoms with E-state index in [0.717, 1.165) is 12.1 Å². The first kappa shape index (κ1) is 19.2. The highest BCUT2D eigenvalue weighted by molar-refractivity contribution is 6.06. The summed E-state index contributed by atoms with van der Waals surface area (Å²) in [6.07, 6.45) is -4.67. The monoisotopic (exact) mass is 390 g/mol. The van der Waals surface area contributed by atoms with Gasteiger partial charge in [0.15, 0.2) is 0 Å². The summed E-state index contributed by atoms with van der Waals surface area (Å²) < 4.78 is 44.3. The fraction of sp³-hybridized carbons (Fsp3) is 0.105. The number of benzene rings is 2. The summed E-state index contributed by atoms with van der Waals surface area (Å²) in [6.45, 7) is 1.22. The molecule has 2 N–H and O–H groups in total. The van der Waals surface area contributed by atoms with E-state index in [1.807, 2.05) is 0 Å². The Balaban J connectivity index is 1.95. The van der Waals surface area contributed by atoms with Crippen LogP contribution in [0.15, 0.2) is 57.7 Å². The number of hydrogen-bond donors (Lipinski definition) is 2. The average molecular weight is 390 g/mol. The van der Waals surface area contributed by atoms with E-state index in [1.54, 1.807) is 0 Å². The van der Waals surface area contributed by atoms with Crippen LogP contribution >= 0.6 is 0 Å². The minimum atomic E-state index is -4.67. The van der Waals surface area contributed by atoms with Crippen LogP contribution in [0.25, 0.3) is 11.0 Å². The van der Waals surface area contributed by atoms with E-state index in [2.05, 4.69) is 10.6 Å². The van der Waals surface area contributed by atoms with Crippen LogP contribution in [0.5, 0.6) is 0 Å². The van der Waals surface area contributed by atoms with Crippen molar-refractivity contribution in [3.63, 3.8) is 0 Å². The Kier molecular flexibility index (Phi) is 4.91. The maximum absolute atomic E-state index is 13.1. The van der Waals surface area contributed by atoms with Crippen LogP contribution in [0.4, 0.5) is 24.5 Å². The van der Waals surface area contributed by atoms with Crippen molar-refractivity contribution in [2.75, 3.05) is 10.6 Å². The second kappa shape index (κ2) is 7.18. The van der Waals surface area contributed by atoms with E-state index in [1.165, 1.54) is 43.3 Å². The maximum Gasteiger partial charge on any atom is 0.417 e. The molecule has 0 aliphatic carbocycles. The van der Waals surface area contributed by atoms with Gasteiger partial charge in [-0.25, -0.2) is 4.79 Å². The largest absolute Gasteiger partial charge is 0.421 e. The Bertz CT molecular complexity index is 1140. The average Bonchev–Trinajstić information content (AvgIpc) is 2.61. The lowest BCUT2D eigenvalue weighted by molar-refractivity contribution is -0.137. The Morgan fingerprint density at radius 2 is 1.71 bits per heavy atom. The number of amides is 2. The van der Waals surface area contributed by atoms with Crippen molar-refractivity contribution in [3.05, 3.63) is 70.1 Å². The second-order valence-corrected chi connectivity index (χ2v) is 5.88. The molecule has 2 aromatic carbocycles. The van der Waals surface area contributed by atoms with Gasteiger partial charge in [0.2, 0.25) is 5.91 Å². The van der Waals surface area contributed by atoms with Gasteiger partial charge in [-0.05, 0) is 36.4 Å². The first-order chi connectivity index (χ1) is 13.1. The fourth-order valence-corrected chi connectivity index (χ4v) is 2.60. The molecule has 0 saturated heterocycles. The van der Waals surface area contributed by atoms with Crippen molar-refractivity contribution in [3.8, 4) is 0 Å². The highest BCUT2D eigenvalue weighted by atomic mass is 19.4. The molecule has 2 amide bonds. The first-order valence-electron chi connectivity index (χ1n) is 7.98. The Labute approximate surface area is 156 Å². The van der Waals surface area contributed by atoms with Gasteiger partial charge >= 0.3 is 11.8 Å². The van der Waals surface area contributed by atoms with E-state index >= 15 is 0 Å². The smallest absolute Gasteiger partial charge is 0.417 e. The number of nitrogens with one attached hydrogen (secondary N) is 2. The lowest BCUT2D eigenvalue weighted by atomic mass is 10.1. The van der Waals surface area contributed by atoms with Gasteiger partial charge in [-0.2, -0.15) is 13.2 Å². The van der Waals surface area contributed by atoms with E-state index in [9.17, 15) is 27.6 Å². The molecule has 28 heavy (non-hydrogen) atoms. The molecule has 144 valence electrons. The zero-order valence-electron chi connectivity index (χ0n) is 14.4. The number of carbonyl (C=O) groups excluding carboxylic acids is 2. The summed E-state index contributed by atoms with van der Waals surface area (Å²) in [7, 11) is 0. The molecule has 3 aromatic rings. The Morgan fingerprint density at radius 3 is 2.39 bits per heavy atom. The normalized spacial score (nSPS) is 11.3. The minimum absolute atomic E-state index is 0.0918. The van der Waals surface area contributed by atoms with Crippen molar-refractivity contribution in [1.82, 2.24) is 0 Å². The minimum Gasteiger partial charge on any atom is -0.421 e. The van der Waals surface area contributed by atoms with E-state index in [-0.39, 0.29) is 17.0 Å². The van der Waals surface area contributed by atoms with Gasteiger partial charge in [0.05, 0.1) is 11.1 Å². The zero-order chi connectivity index (χ0) is 20.5. The molecule has 1 heterocycles. The van der Waals surface area contributed by atoms with Crippen LogP contribution in [0, 0.1) is 0 Å². The summed E-state index contributed by atoms with van der Waals surface area (Å²) in [5.41, 5.74) is -2.03. The van der Waals surface area contributed by atoms with Crippen LogP contribution in [0.2, 0.25) is 0 Å². The van der Waals surface area contributed by atoms with Crippen molar-refractivity contribution in [2.24, 2.45) is 0 Å². The third-order valence-corrected chi connectivity index (χ3v) is 3.78. The van der Waals surface area contributed by atoms with Gasteiger partial charge in [0.25, 0.3) is 5.91 Å². The molecule has 0 fully saturated rings. The summed E-state index contributed by atoms with van der Waals surface area (Å²) in [5.74, 6) is -1.41. The van der Waals surface area contributed by atoms with Gasteiger partial charge in [-0.1, -0.05) is 12.1 Å². The molecule has 0 radical (unpaired) electrons. The van der Waals surface area contributed by atoms with E-state index in [0.29, 0.717) is 5.39 Å². The van der Waals surface area contributed by atoms with Gasteiger partial charge < -0.3 is 15.1 Å². The third kappa shape index (κ3) is 4.03. The van der Waals surface area contributed by atoms with Gasteiger partial charge in [0.1, 0.15) is 11.3 Å². The lowest BCUT2D eigenvalue weighted by Gasteiger charge is -2.13. The molecule has 9 heteroatoms. The molecule has 6 nitrogen and oxygen atoms in total. The molecule has 0 atom stereocenters. The highest BCUT2D eigenvalue weighted by Crippen LogP contribution is 2.32. The molecular formula is C19H13F3N2O4. The lowest BCUT2D eigenvalue weighted by Crippen LogP contribution is -2.18. The predicted molar refractivity (Wildman–Crippen MR) is 96.2 cm³/mol. The Hall–Kier alpha value is -3.62. The topological polar surface area (TPSA) is 88.4 Å². The van der Waals surface area contributed by atoms with Crippen molar-refractivity contribution >= 4 is 34.2 Å². The van der Waals surface area contributed by atoms with Crippen LogP contribution in [0.3, 0.4) is 0 Å². The van der Waals surface area contributed by atoms with Gasteiger partial charge in [-0.3, -0.25) is 9.59 Å². The van der Waals surface area contributed by atoms with Crippen LogP contribution in [0.1, 0.15) is 22.8 Å². The molecule has 0 spiro atoms. The quantitative estimate of drug-likeness (QED) is 0.661. The standard InChI is InChI=1S/C19H13F3N2O4/c1-10(25)23-15-9-11-8-12(6-7-16(11)28-18(15)27)24-17(26)13-4-2-3-5-14(13)19(20,21)22/h2-9H,1H3,(H,23,25)(H,24,26). The fourth-order valence-electron chi connectivity index (χ4n) is 2.60. The Morgan fingerprint density at radius 1 is 1.00 bits per heavy atom. The van der Waals surface area contributed by atoms with Crippen molar-refractivity contribution in [2.45, 2.75) is 13.1 Å². The van der Waals surface area contributed by atoms with E-state index < -0.39 is 34.7 Å². The molecule has 0 unspecified atom stereocenters. The highest BCUT2D eigenvalue weighted by Gasteiger charge is 2.34. The number of halogens is 3. The molecule has 0 aliphatic rings. The predicted octanol–water partition coefficient (Wildman–Crippen LogP) is 4.02. The summed E-state index contributed by atoms with van der Waals surface area (Å²) in [5, 5.41) is 5.08. The van der Waals surface area contributed by atoms with Crippen LogP contribution in [-0.2, 0) is 11.0 Å². The van der Waals surface area contributed by atoms with E-state index in [4.69, 9.17) is 4.42 Å². The second-order valence-electron chi connectivity index (χ2n) is 5.88. The van der Waals surface area contributed by atoms with Gasteiger partial charge in [0, 0.05) is 18.0 Å². The molecule has 0 saturated carbocycles. The number of anilines is 2. The summed E-state index contributed by atoms with van der Waals surface area (Å²) in [6, 6.07) is 9.97. The van der Waals surface area contributed by atoms with Crippen LogP contribution in [-0.4, -0.2) is 11.8 Å². The first-order valence-corrected chi connectivity index (χ1v) is 7.98. The molecule has 1 aromatic heterocycles. The number of rotatable bonds is 3. The summed E-state index contributed by atoms with van der Waals surface area (Å²) in [4.78, 5) is 35.3. The number of hydrogen-bond acceptors (Lipinski definition) is 4. The summed E-state index contributed by atoms with van der Waals surface area (Å²) >= 11 is 0. The number of carbonyl (C=O) groups is 2. The van der Waals surface area contributed by atoms with Crippen LogP contribution < -0.4 is 16.3 Å². The number of fused-ring (bicyclic) bond motifs is 1. The number of alkyl halides is 3. The molecule has 3 rings (SSSR count). The van der Waals surface area contributed by atoms with Crippen molar-refractivity contribution in [1.29, 1.82) is 0 Å². The third-order valence-electron chi connectivity index (χ3n) is 3.78. The zero-order valence-corrected chi connectivity index (χ0v) is 14.4. The molecular weight excluding hydrogens is 377 g/mol.